The van der Waals surface area contributed by atoms with Crippen LogP contribution in [0.5, 0.6) is 0 Å². The summed E-state index contributed by atoms with van der Waals surface area (Å²) >= 11 is 14.8. The minimum atomic E-state index is -0.176. The zero-order valence-corrected chi connectivity index (χ0v) is 15.0. The molecule has 2 N–H and O–H groups in total. The van der Waals surface area contributed by atoms with Gasteiger partial charge in [-0.2, -0.15) is 0 Å². The smallest absolute Gasteiger partial charge is 0.0577 e. The van der Waals surface area contributed by atoms with Crippen LogP contribution >= 0.6 is 54.8 Å². The molecule has 0 saturated carbocycles. The number of fused-ring (bicyclic) bond motifs is 1. The average Bonchev–Trinajstić information content (AvgIpc) is 2.83. The molecule has 1 nitrogen and oxygen atoms in total. The molecule has 3 rings (SSSR count). The number of hydrogen-bond acceptors (Lipinski definition) is 2. The van der Waals surface area contributed by atoms with Gasteiger partial charge in [-0.25, -0.2) is 0 Å². The van der Waals surface area contributed by atoms with Crippen LogP contribution in [0.15, 0.2) is 50.7 Å². The van der Waals surface area contributed by atoms with Crippen LogP contribution in [-0.4, -0.2) is 0 Å². The predicted molar refractivity (Wildman–Crippen MR) is 94.7 cm³/mol. The lowest BCUT2D eigenvalue weighted by Crippen LogP contribution is -2.11. The molecule has 0 saturated heterocycles. The zero-order valence-electron chi connectivity index (χ0n) is 10.2. The predicted octanol–water partition coefficient (Wildman–Crippen LogP) is 6.13. The molecule has 0 radical (unpaired) electrons. The van der Waals surface area contributed by atoms with Crippen molar-refractivity contribution in [1.82, 2.24) is 0 Å². The van der Waals surface area contributed by atoms with E-state index in [0.29, 0.717) is 5.02 Å². The highest BCUT2D eigenvalue weighted by atomic mass is 79.9. The molecule has 3 aromatic rings. The van der Waals surface area contributed by atoms with Crippen LogP contribution in [0.1, 0.15) is 17.2 Å². The highest BCUT2D eigenvalue weighted by Crippen LogP contribution is 2.38. The quantitative estimate of drug-likeness (QED) is 0.519. The largest absolute Gasteiger partial charge is 0.320 e. The highest BCUT2D eigenvalue weighted by molar-refractivity contribution is 9.11. The van der Waals surface area contributed by atoms with Crippen molar-refractivity contribution in [2.24, 2.45) is 5.73 Å². The zero-order chi connectivity index (χ0) is 14.3. The van der Waals surface area contributed by atoms with Crippen molar-refractivity contribution in [1.29, 1.82) is 0 Å². The summed E-state index contributed by atoms with van der Waals surface area (Å²) in [6, 6.07) is 11.7. The molecule has 102 valence electrons. The van der Waals surface area contributed by atoms with Crippen LogP contribution in [0.3, 0.4) is 0 Å². The first kappa shape index (κ1) is 14.5. The van der Waals surface area contributed by atoms with Gasteiger partial charge in [0, 0.05) is 18.7 Å². The van der Waals surface area contributed by atoms with Crippen molar-refractivity contribution in [3.8, 4) is 0 Å². The van der Waals surface area contributed by atoms with Gasteiger partial charge >= 0.3 is 0 Å². The Balaban J connectivity index is 2.13. The van der Waals surface area contributed by atoms with E-state index in [1.807, 2.05) is 30.3 Å². The van der Waals surface area contributed by atoms with Crippen LogP contribution in [0.25, 0.3) is 10.1 Å². The summed E-state index contributed by atoms with van der Waals surface area (Å²) in [4.78, 5) is 0. The molecule has 0 fully saturated rings. The first-order chi connectivity index (χ1) is 9.58. The van der Waals surface area contributed by atoms with Gasteiger partial charge in [0.1, 0.15) is 0 Å². The van der Waals surface area contributed by atoms with Crippen LogP contribution < -0.4 is 5.73 Å². The van der Waals surface area contributed by atoms with Crippen molar-refractivity contribution < 1.29 is 0 Å². The summed E-state index contributed by atoms with van der Waals surface area (Å²) in [6.07, 6.45) is 0. The molecule has 0 aliphatic carbocycles. The summed E-state index contributed by atoms with van der Waals surface area (Å²) in [7, 11) is 0. The van der Waals surface area contributed by atoms with E-state index in [1.54, 1.807) is 11.3 Å². The standard InChI is InChI=1S/C15H10Br2ClNS/c16-12-3-1-2-9-11(7-20-15(9)12)14(19)10-5-4-8(18)6-13(10)17/h1-7,14H,19H2. The van der Waals surface area contributed by atoms with Gasteiger partial charge in [-0.05, 0) is 56.0 Å². The molecule has 1 heterocycles. The fourth-order valence-corrected chi connectivity index (χ4v) is 4.79. The van der Waals surface area contributed by atoms with Crippen molar-refractivity contribution in [2.45, 2.75) is 6.04 Å². The Morgan fingerprint density at radius 1 is 1.05 bits per heavy atom. The molecule has 1 unspecified atom stereocenters. The van der Waals surface area contributed by atoms with Crippen molar-refractivity contribution >= 4 is 64.9 Å². The van der Waals surface area contributed by atoms with Crippen LogP contribution in [0, 0.1) is 0 Å². The maximum atomic E-state index is 6.45. The first-order valence-corrected chi connectivity index (χ1v) is 8.78. The number of rotatable bonds is 2. The fourth-order valence-electron chi connectivity index (χ4n) is 2.20. The maximum Gasteiger partial charge on any atom is 0.0577 e. The molecular formula is C15H10Br2ClNS. The Kier molecular flexibility index (Phi) is 4.20. The van der Waals surface area contributed by atoms with Gasteiger partial charge in [0.25, 0.3) is 0 Å². The lowest BCUT2D eigenvalue weighted by molar-refractivity contribution is 0.879. The Bertz CT molecular complexity index is 785. The summed E-state index contributed by atoms with van der Waals surface area (Å²) in [5.41, 5.74) is 8.62. The number of nitrogens with two attached hydrogens (primary N) is 1. The molecule has 0 amide bonds. The van der Waals surface area contributed by atoms with Gasteiger partial charge in [-0.3, -0.25) is 0 Å². The minimum Gasteiger partial charge on any atom is -0.320 e. The van der Waals surface area contributed by atoms with Crippen molar-refractivity contribution in [2.75, 3.05) is 0 Å². The van der Waals surface area contributed by atoms with E-state index in [2.05, 4.69) is 43.3 Å². The number of thiophene rings is 1. The van der Waals surface area contributed by atoms with Crippen LogP contribution in [0.2, 0.25) is 5.02 Å². The van der Waals surface area contributed by atoms with E-state index in [4.69, 9.17) is 17.3 Å². The first-order valence-electron chi connectivity index (χ1n) is 5.94. The number of benzene rings is 2. The molecule has 1 atom stereocenters. The molecule has 0 spiro atoms. The lowest BCUT2D eigenvalue weighted by atomic mass is 9.99. The van der Waals surface area contributed by atoms with Gasteiger partial charge in [-0.15, -0.1) is 11.3 Å². The average molecular weight is 432 g/mol. The Morgan fingerprint density at radius 3 is 2.60 bits per heavy atom. The lowest BCUT2D eigenvalue weighted by Gasteiger charge is -2.14. The molecular weight excluding hydrogens is 422 g/mol. The minimum absolute atomic E-state index is 0.176. The molecule has 5 heteroatoms. The second kappa shape index (κ2) is 5.78. The SMILES string of the molecule is NC(c1ccc(Cl)cc1Br)c1csc2c(Br)cccc12. The molecule has 0 bridgehead atoms. The third-order valence-electron chi connectivity index (χ3n) is 3.21. The van der Waals surface area contributed by atoms with Gasteiger partial charge in [0.05, 0.1) is 6.04 Å². The van der Waals surface area contributed by atoms with E-state index in [0.717, 1.165) is 20.1 Å². The second-order valence-electron chi connectivity index (χ2n) is 4.45. The Hall–Kier alpha value is -0.390. The Labute approximate surface area is 143 Å². The van der Waals surface area contributed by atoms with Gasteiger partial charge in [-0.1, -0.05) is 45.7 Å². The summed E-state index contributed by atoms with van der Waals surface area (Å²) < 4.78 is 3.27. The van der Waals surface area contributed by atoms with Crippen molar-refractivity contribution in [3.63, 3.8) is 0 Å². The summed E-state index contributed by atoms with van der Waals surface area (Å²) in [6.45, 7) is 0. The highest BCUT2D eigenvalue weighted by Gasteiger charge is 2.17. The fraction of sp³-hybridized carbons (Fsp3) is 0.0667. The van der Waals surface area contributed by atoms with E-state index in [9.17, 15) is 0 Å². The van der Waals surface area contributed by atoms with Gasteiger partial charge < -0.3 is 5.73 Å². The molecule has 0 aliphatic rings. The van der Waals surface area contributed by atoms with Crippen LogP contribution in [0.4, 0.5) is 0 Å². The van der Waals surface area contributed by atoms with Gasteiger partial charge in [0.2, 0.25) is 0 Å². The monoisotopic (exact) mass is 429 g/mol. The third-order valence-corrected chi connectivity index (χ3v) is 6.11. The maximum absolute atomic E-state index is 6.45. The number of hydrogen-bond donors (Lipinski definition) is 1. The van der Waals surface area contributed by atoms with Crippen molar-refractivity contribution in [3.05, 3.63) is 66.9 Å². The Morgan fingerprint density at radius 2 is 1.85 bits per heavy atom. The third kappa shape index (κ3) is 2.55. The normalized spacial score (nSPS) is 12.8. The van der Waals surface area contributed by atoms with E-state index in [1.165, 1.54) is 10.1 Å². The second-order valence-corrected chi connectivity index (χ2v) is 7.48. The number of halogens is 3. The molecule has 20 heavy (non-hydrogen) atoms. The van der Waals surface area contributed by atoms with Gasteiger partial charge in [0.15, 0.2) is 0 Å². The van der Waals surface area contributed by atoms with E-state index >= 15 is 0 Å². The molecule has 2 aromatic carbocycles. The molecule has 1 aromatic heterocycles. The molecule has 0 aliphatic heterocycles. The van der Waals surface area contributed by atoms with E-state index in [-0.39, 0.29) is 6.04 Å². The summed E-state index contributed by atoms with van der Waals surface area (Å²) in [5.74, 6) is 0. The van der Waals surface area contributed by atoms with E-state index < -0.39 is 0 Å². The topological polar surface area (TPSA) is 26.0 Å². The van der Waals surface area contributed by atoms with Crippen LogP contribution in [-0.2, 0) is 0 Å². The summed E-state index contributed by atoms with van der Waals surface area (Å²) in [5, 5.41) is 4.02.